The SMILES string of the molecule is CC(C)CNCc1cccc(COC2CCCC(C)C2)c1. The number of benzene rings is 1. The molecule has 2 heteroatoms. The Morgan fingerprint density at radius 1 is 1.24 bits per heavy atom. The molecular formula is C19H31NO. The Morgan fingerprint density at radius 2 is 2.05 bits per heavy atom. The Hall–Kier alpha value is -0.860. The second-order valence-electron chi connectivity index (χ2n) is 7.05. The first-order valence-corrected chi connectivity index (χ1v) is 8.53. The molecule has 2 atom stereocenters. The van der Waals surface area contributed by atoms with Crippen molar-refractivity contribution in [1.82, 2.24) is 5.32 Å². The summed E-state index contributed by atoms with van der Waals surface area (Å²) in [5.74, 6) is 1.53. The minimum Gasteiger partial charge on any atom is -0.374 e. The molecule has 2 nitrogen and oxygen atoms in total. The Morgan fingerprint density at radius 3 is 2.81 bits per heavy atom. The van der Waals surface area contributed by atoms with Crippen LogP contribution in [0.15, 0.2) is 24.3 Å². The summed E-state index contributed by atoms with van der Waals surface area (Å²) < 4.78 is 6.12. The first-order valence-electron chi connectivity index (χ1n) is 8.53. The third-order valence-corrected chi connectivity index (χ3v) is 4.25. The number of hydrogen-bond donors (Lipinski definition) is 1. The van der Waals surface area contributed by atoms with Gasteiger partial charge in [-0.05, 0) is 42.3 Å². The Labute approximate surface area is 130 Å². The van der Waals surface area contributed by atoms with Gasteiger partial charge in [0.15, 0.2) is 0 Å². The van der Waals surface area contributed by atoms with Gasteiger partial charge in [-0.1, -0.05) is 57.9 Å². The van der Waals surface area contributed by atoms with E-state index in [1.54, 1.807) is 0 Å². The summed E-state index contributed by atoms with van der Waals surface area (Å²) >= 11 is 0. The van der Waals surface area contributed by atoms with Gasteiger partial charge in [0, 0.05) is 6.54 Å². The predicted octanol–water partition coefficient (Wildman–Crippen LogP) is 4.53. The van der Waals surface area contributed by atoms with E-state index in [0.29, 0.717) is 12.0 Å². The van der Waals surface area contributed by atoms with Crippen LogP contribution in [0.5, 0.6) is 0 Å². The largest absolute Gasteiger partial charge is 0.374 e. The minimum atomic E-state index is 0.469. The molecule has 21 heavy (non-hydrogen) atoms. The maximum Gasteiger partial charge on any atom is 0.0720 e. The highest BCUT2D eigenvalue weighted by Crippen LogP contribution is 2.26. The van der Waals surface area contributed by atoms with E-state index < -0.39 is 0 Å². The van der Waals surface area contributed by atoms with Crippen molar-refractivity contribution in [2.24, 2.45) is 11.8 Å². The van der Waals surface area contributed by atoms with Gasteiger partial charge in [-0.25, -0.2) is 0 Å². The zero-order chi connectivity index (χ0) is 15.1. The third kappa shape index (κ3) is 6.19. The predicted molar refractivity (Wildman–Crippen MR) is 89.2 cm³/mol. The quantitative estimate of drug-likeness (QED) is 0.796. The van der Waals surface area contributed by atoms with Crippen molar-refractivity contribution in [3.8, 4) is 0 Å². The topological polar surface area (TPSA) is 21.3 Å². The average molecular weight is 289 g/mol. The lowest BCUT2D eigenvalue weighted by Crippen LogP contribution is -2.21. The third-order valence-electron chi connectivity index (χ3n) is 4.25. The van der Waals surface area contributed by atoms with E-state index in [0.717, 1.165) is 25.6 Å². The van der Waals surface area contributed by atoms with Gasteiger partial charge in [-0.15, -0.1) is 0 Å². The summed E-state index contributed by atoms with van der Waals surface area (Å²) in [7, 11) is 0. The second kappa shape index (κ2) is 8.55. The van der Waals surface area contributed by atoms with Gasteiger partial charge < -0.3 is 10.1 Å². The molecule has 1 aromatic rings. The van der Waals surface area contributed by atoms with Crippen molar-refractivity contribution in [3.05, 3.63) is 35.4 Å². The van der Waals surface area contributed by atoms with Gasteiger partial charge in [0.1, 0.15) is 0 Å². The van der Waals surface area contributed by atoms with Crippen LogP contribution in [0.2, 0.25) is 0 Å². The van der Waals surface area contributed by atoms with Crippen molar-refractivity contribution in [2.45, 2.75) is 65.7 Å². The summed E-state index contributed by atoms with van der Waals surface area (Å²) in [4.78, 5) is 0. The highest BCUT2D eigenvalue weighted by atomic mass is 16.5. The molecule has 0 aromatic heterocycles. The molecule has 0 spiro atoms. The van der Waals surface area contributed by atoms with Gasteiger partial charge in [0.2, 0.25) is 0 Å². The summed E-state index contributed by atoms with van der Waals surface area (Å²) in [6.07, 6.45) is 5.63. The van der Waals surface area contributed by atoms with Crippen LogP contribution in [0.1, 0.15) is 57.6 Å². The van der Waals surface area contributed by atoms with Gasteiger partial charge in [-0.2, -0.15) is 0 Å². The summed E-state index contributed by atoms with van der Waals surface area (Å²) in [6, 6.07) is 8.80. The molecule has 0 amide bonds. The lowest BCUT2D eigenvalue weighted by molar-refractivity contribution is 0.00464. The Balaban J connectivity index is 1.77. The van der Waals surface area contributed by atoms with Crippen molar-refractivity contribution >= 4 is 0 Å². The average Bonchev–Trinajstić information content (AvgIpc) is 2.45. The van der Waals surface area contributed by atoms with Crippen LogP contribution < -0.4 is 5.32 Å². The fourth-order valence-corrected chi connectivity index (χ4v) is 3.08. The molecule has 2 unspecified atom stereocenters. The van der Waals surface area contributed by atoms with E-state index in [1.165, 1.54) is 36.8 Å². The van der Waals surface area contributed by atoms with Crippen LogP contribution in [0.25, 0.3) is 0 Å². The van der Waals surface area contributed by atoms with Crippen molar-refractivity contribution in [2.75, 3.05) is 6.54 Å². The molecule has 0 bridgehead atoms. The zero-order valence-corrected chi connectivity index (χ0v) is 13.9. The number of nitrogens with one attached hydrogen (secondary N) is 1. The molecule has 0 saturated heterocycles. The summed E-state index contributed by atoms with van der Waals surface area (Å²) in [5.41, 5.74) is 2.66. The standard InChI is InChI=1S/C19H31NO/c1-15(2)12-20-13-17-7-5-8-18(11-17)14-21-19-9-4-6-16(3)10-19/h5,7-8,11,15-16,19-20H,4,6,9-10,12-14H2,1-3H3. The maximum atomic E-state index is 6.12. The fourth-order valence-electron chi connectivity index (χ4n) is 3.08. The summed E-state index contributed by atoms with van der Waals surface area (Å²) in [6.45, 7) is 9.60. The Bertz CT molecular complexity index is 416. The molecule has 0 radical (unpaired) electrons. The van der Waals surface area contributed by atoms with Crippen molar-refractivity contribution < 1.29 is 4.74 Å². The van der Waals surface area contributed by atoms with E-state index in [2.05, 4.69) is 50.4 Å². The van der Waals surface area contributed by atoms with Crippen molar-refractivity contribution in [1.29, 1.82) is 0 Å². The van der Waals surface area contributed by atoms with Crippen LogP contribution in [-0.4, -0.2) is 12.6 Å². The molecule has 1 fully saturated rings. The van der Waals surface area contributed by atoms with Crippen LogP contribution in [0, 0.1) is 11.8 Å². The van der Waals surface area contributed by atoms with E-state index in [9.17, 15) is 0 Å². The minimum absolute atomic E-state index is 0.469. The summed E-state index contributed by atoms with van der Waals surface area (Å²) in [5, 5.41) is 3.50. The smallest absolute Gasteiger partial charge is 0.0720 e. The lowest BCUT2D eigenvalue weighted by atomic mass is 9.89. The molecule has 0 aliphatic heterocycles. The van der Waals surface area contributed by atoms with Gasteiger partial charge >= 0.3 is 0 Å². The molecule has 118 valence electrons. The van der Waals surface area contributed by atoms with E-state index in [4.69, 9.17) is 4.74 Å². The first kappa shape index (κ1) is 16.5. The fraction of sp³-hybridized carbons (Fsp3) is 0.684. The van der Waals surface area contributed by atoms with Crippen LogP contribution in [0.4, 0.5) is 0 Å². The monoisotopic (exact) mass is 289 g/mol. The van der Waals surface area contributed by atoms with Crippen LogP contribution in [-0.2, 0) is 17.9 Å². The maximum absolute atomic E-state index is 6.12. The van der Waals surface area contributed by atoms with E-state index >= 15 is 0 Å². The highest BCUT2D eigenvalue weighted by molar-refractivity contribution is 5.22. The van der Waals surface area contributed by atoms with Gasteiger partial charge in [-0.3, -0.25) is 0 Å². The molecule has 1 N–H and O–H groups in total. The van der Waals surface area contributed by atoms with Crippen LogP contribution in [0.3, 0.4) is 0 Å². The number of ether oxygens (including phenoxy) is 1. The molecular weight excluding hydrogens is 258 g/mol. The van der Waals surface area contributed by atoms with Gasteiger partial charge in [0.25, 0.3) is 0 Å². The number of rotatable bonds is 7. The molecule has 0 heterocycles. The number of hydrogen-bond acceptors (Lipinski definition) is 2. The first-order chi connectivity index (χ1) is 10.1. The van der Waals surface area contributed by atoms with Crippen LogP contribution >= 0.6 is 0 Å². The molecule has 1 aliphatic rings. The molecule has 1 aliphatic carbocycles. The normalized spacial score (nSPS) is 22.7. The van der Waals surface area contributed by atoms with E-state index in [1.807, 2.05) is 0 Å². The molecule has 2 rings (SSSR count). The van der Waals surface area contributed by atoms with Crippen molar-refractivity contribution in [3.63, 3.8) is 0 Å². The highest BCUT2D eigenvalue weighted by Gasteiger charge is 2.19. The molecule has 1 saturated carbocycles. The van der Waals surface area contributed by atoms with Gasteiger partial charge in [0.05, 0.1) is 12.7 Å². The molecule has 1 aromatic carbocycles. The lowest BCUT2D eigenvalue weighted by Gasteiger charge is -2.26. The van der Waals surface area contributed by atoms with E-state index in [-0.39, 0.29) is 0 Å². The Kier molecular flexibility index (Phi) is 6.72. The second-order valence-corrected chi connectivity index (χ2v) is 7.05. The zero-order valence-electron chi connectivity index (χ0n) is 13.9.